The summed E-state index contributed by atoms with van der Waals surface area (Å²) in [6.45, 7) is 3.87. The van der Waals surface area contributed by atoms with E-state index in [1.165, 1.54) is 0 Å². The number of ether oxygens (including phenoxy) is 1. The summed E-state index contributed by atoms with van der Waals surface area (Å²) in [5.74, 6) is 0.936. The van der Waals surface area contributed by atoms with Crippen LogP contribution >= 0.6 is 0 Å². The molecule has 2 rings (SSSR count). The van der Waals surface area contributed by atoms with Crippen molar-refractivity contribution >= 4 is 5.96 Å². The molecule has 1 N–H and O–H groups in total. The van der Waals surface area contributed by atoms with Gasteiger partial charge in [-0.25, -0.2) is 0 Å². The molecule has 1 aromatic carbocycles. The molecule has 0 aliphatic rings. The molecule has 0 unspecified atom stereocenters. The predicted molar refractivity (Wildman–Crippen MR) is 97.5 cm³/mol. The van der Waals surface area contributed by atoms with E-state index in [-0.39, 0.29) is 5.75 Å². The van der Waals surface area contributed by atoms with Gasteiger partial charge in [-0.15, -0.1) is 0 Å². The van der Waals surface area contributed by atoms with Gasteiger partial charge < -0.3 is 15.0 Å². The van der Waals surface area contributed by atoms with Crippen LogP contribution in [0.1, 0.15) is 18.1 Å². The fourth-order valence-corrected chi connectivity index (χ4v) is 2.44. The molecule has 1 aromatic heterocycles. The maximum absolute atomic E-state index is 12.2. The largest absolute Gasteiger partial charge is 0.435 e. The number of aliphatic imine (C=N–C) groups is 1. The fraction of sp³-hybridized carbons (Fsp3) is 0.444. The van der Waals surface area contributed by atoms with Crippen LogP contribution in [-0.2, 0) is 13.1 Å². The fourth-order valence-electron chi connectivity index (χ4n) is 2.44. The number of hydrogen-bond donors (Lipinski definition) is 1. The molecule has 6 nitrogen and oxygen atoms in total. The Morgan fingerprint density at radius 2 is 2.08 bits per heavy atom. The van der Waals surface area contributed by atoms with Gasteiger partial charge in [-0.2, -0.15) is 13.9 Å². The van der Waals surface area contributed by atoms with Crippen LogP contribution < -0.4 is 10.1 Å². The van der Waals surface area contributed by atoms with Crippen molar-refractivity contribution < 1.29 is 13.5 Å². The standard InChI is InChI=1S/C18H25F2N5O/c1-4-21-18(22-9-10-25-12-14(2)11-23-25)24(3)13-15-5-7-16(8-6-15)26-17(19)20/h5-8,11-12,17H,4,9-10,13H2,1-3H3,(H,21,22). The van der Waals surface area contributed by atoms with E-state index in [4.69, 9.17) is 0 Å². The molecule has 26 heavy (non-hydrogen) atoms. The molecule has 2 aromatic rings. The minimum absolute atomic E-state index is 0.154. The van der Waals surface area contributed by atoms with E-state index < -0.39 is 6.61 Å². The van der Waals surface area contributed by atoms with E-state index in [2.05, 4.69) is 20.1 Å². The molecule has 0 radical (unpaired) electrons. The Balaban J connectivity index is 1.93. The number of rotatable bonds is 8. The Labute approximate surface area is 152 Å². The number of nitrogens with one attached hydrogen (secondary N) is 1. The normalized spacial score (nSPS) is 11.7. The van der Waals surface area contributed by atoms with Crippen LogP contribution in [0.3, 0.4) is 0 Å². The maximum atomic E-state index is 12.2. The topological polar surface area (TPSA) is 54.7 Å². The lowest BCUT2D eigenvalue weighted by Gasteiger charge is -2.22. The van der Waals surface area contributed by atoms with Gasteiger partial charge in [0.15, 0.2) is 5.96 Å². The van der Waals surface area contributed by atoms with Gasteiger partial charge in [0.2, 0.25) is 0 Å². The SMILES string of the molecule is CCNC(=NCCn1cc(C)cn1)N(C)Cc1ccc(OC(F)F)cc1. The molecule has 142 valence electrons. The Kier molecular flexibility index (Phi) is 7.37. The quantitative estimate of drug-likeness (QED) is 0.577. The maximum Gasteiger partial charge on any atom is 0.387 e. The second-order valence-corrected chi connectivity index (χ2v) is 5.89. The van der Waals surface area contributed by atoms with Gasteiger partial charge in [-0.1, -0.05) is 12.1 Å². The van der Waals surface area contributed by atoms with Crippen molar-refractivity contribution in [1.82, 2.24) is 20.0 Å². The van der Waals surface area contributed by atoms with Gasteiger partial charge in [-0.05, 0) is 37.1 Å². The molecule has 0 amide bonds. The monoisotopic (exact) mass is 365 g/mol. The van der Waals surface area contributed by atoms with Crippen LogP contribution in [-0.4, -0.2) is 47.4 Å². The van der Waals surface area contributed by atoms with E-state index in [0.29, 0.717) is 19.6 Å². The van der Waals surface area contributed by atoms with E-state index in [9.17, 15) is 8.78 Å². The van der Waals surface area contributed by atoms with Gasteiger partial charge in [0, 0.05) is 26.3 Å². The molecule has 0 atom stereocenters. The average molecular weight is 365 g/mol. The first-order valence-electron chi connectivity index (χ1n) is 8.50. The molecule has 0 aliphatic carbocycles. The van der Waals surface area contributed by atoms with Crippen molar-refractivity contribution in [3.63, 3.8) is 0 Å². The Bertz CT molecular complexity index is 700. The summed E-state index contributed by atoms with van der Waals surface area (Å²) in [6.07, 6.45) is 3.80. The van der Waals surface area contributed by atoms with Crippen molar-refractivity contribution in [2.24, 2.45) is 4.99 Å². The summed E-state index contributed by atoms with van der Waals surface area (Å²) >= 11 is 0. The number of aromatic nitrogens is 2. The van der Waals surface area contributed by atoms with E-state index in [1.807, 2.05) is 42.9 Å². The zero-order valence-corrected chi connectivity index (χ0v) is 15.3. The number of aryl methyl sites for hydroxylation is 1. The zero-order valence-electron chi connectivity index (χ0n) is 15.3. The molecule has 0 aliphatic heterocycles. The average Bonchev–Trinajstić information content (AvgIpc) is 3.00. The van der Waals surface area contributed by atoms with Crippen molar-refractivity contribution in [1.29, 1.82) is 0 Å². The lowest BCUT2D eigenvalue weighted by atomic mass is 10.2. The molecule has 1 heterocycles. The lowest BCUT2D eigenvalue weighted by molar-refractivity contribution is -0.0498. The van der Waals surface area contributed by atoms with Crippen molar-refractivity contribution in [2.45, 2.75) is 33.5 Å². The van der Waals surface area contributed by atoms with Crippen LogP contribution in [0, 0.1) is 6.92 Å². The minimum Gasteiger partial charge on any atom is -0.435 e. The van der Waals surface area contributed by atoms with Crippen molar-refractivity contribution in [2.75, 3.05) is 20.1 Å². The van der Waals surface area contributed by atoms with Gasteiger partial charge in [-0.3, -0.25) is 9.67 Å². The number of hydrogen-bond acceptors (Lipinski definition) is 3. The van der Waals surface area contributed by atoms with E-state index in [0.717, 1.165) is 23.6 Å². The minimum atomic E-state index is -2.81. The number of nitrogens with zero attached hydrogens (tertiary/aromatic N) is 4. The van der Waals surface area contributed by atoms with Crippen molar-refractivity contribution in [3.8, 4) is 5.75 Å². The molecule has 0 saturated carbocycles. The van der Waals surface area contributed by atoms with Crippen LogP contribution in [0.25, 0.3) is 0 Å². The van der Waals surface area contributed by atoms with E-state index in [1.54, 1.807) is 24.3 Å². The molecular weight excluding hydrogens is 340 g/mol. The van der Waals surface area contributed by atoms with Crippen LogP contribution in [0.4, 0.5) is 8.78 Å². The van der Waals surface area contributed by atoms with Gasteiger partial charge >= 0.3 is 6.61 Å². The first-order valence-corrected chi connectivity index (χ1v) is 8.50. The Morgan fingerprint density at radius 3 is 2.65 bits per heavy atom. The molecule has 8 heteroatoms. The highest BCUT2D eigenvalue weighted by Crippen LogP contribution is 2.15. The molecule has 0 fully saturated rings. The van der Waals surface area contributed by atoms with Crippen molar-refractivity contribution in [3.05, 3.63) is 47.8 Å². The lowest BCUT2D eigenvalue weighted by Crippen LogP contribution is -2.38. The third-order valence-electron chi connectivity index (χ3n) is 3.62. The third kappa shape index (κ3) is 6.34. The molecule has 0 bridgehead atoms. The predicted octanol–water partition coefficient (Wildman–Crippen LogP) is 2.89. The number of guanidine groups is 1. The van der Waals surface area contributed by atoms with Crippen LogP contribution in [0.5, 0.6) is 5.75 Å². The Hall–Kier alpha value is -2.64. The summed E-state index contributed by atoms with van der Waals surface area (Å²) in [6, 6.07) is 6.62. The highest BCUT2D eigenvalue weighted by Gasteiger charge is 2.08. The summed E-state index contributed by atoms with van der Waals surface area (Å²) in [5.41, 5.74) is 2.10. The smallest absolute Gasteiger partial charge is 0.387 e. The summed E-state index contributed by atoms with van der Waals surface area (Å²) < 4.78 is 30.6. The van der Waals surface area contributed by atoms with Crippen LogP contribution in [0.2, 0.25) is 0 Å². The second kappa shape index (κ2) is 9.74. The van der Waals surface area contributed by atoms with Crippen LogP contribution in [0.15, 0.2) is 41.7 Å². The summed E-state index contributed by atoms with van der Waals surface area (Å²) in [5, 5.41) is 7.50. The first-order chi connectivity index (χ1) is 12.5. The third-order valence-corrected chi connectivity index (χ3v) is 3.62. The highest BCUT2D eigenvalue weighted by molar-refractivity contribution is 5.79. The summed E-state index contributed by atoms with van der Waals surface area (Å²) in [7, 11) is 1.93. The number of halogens is 2. The molecule has 0 saturated heterocycles. The molecular formula is C18H25F2N5O. The Morgan fingerprint density at radius 1 is 1.35 bits per heavy atom. The van der Waals surface area contributed by atoms with Gasteiger partial charge in [0.05, 0.1) is 19.3 Å². The van der Waals surface area contributed by atoms with Gasteiger partial charge in [0.25, 0.3) is 0 Å². The molecule has 0 spiro atoms. The number of alkyl halides is 2. The summed E-state index contributed by atoms with van der Waals surface area (Å²) in [4.78, 5) is 6.60. The second-order valence-electron chi connectivity index (χ2n) is 5.89. The number of benzene rings is 1. The van der Waals surface area contributed by atoms with E-state index >= 15 is 0 Å². The highest BCUT2D eigenvalue weighted by atomic mass is 19.3. The first kappa shape index (κ1) is 19.7. The zero-order chi connectivity index (χ0) is 18.9. The van der Waals surface area contributed by atoms with Gasteiger partial charge in [0.1, 0.15) is 5.75 Å².